The van der Waals surface area contributed by atoms with E-state index in [-0.39, 0.29) is 12.0 Å². The number of hydrogen-bond acceptors (Lipinski definition) is 3. The summed E-state index contributed by atoms with van der Waals surface area (Å²) in [4.78, 5) is 14.6. The lowest BCUT2D eigenvalue weighted by Crippen LogP contribution is -2.35. The van der Waals surface area contributed by atoms with Crippen LogP contribution in [0.15, 0.2) is 48.5 Å². The van der Waals surface area contributed by atoms with Crippen molar-refractivity contribution < 1.29 is 14.3 Å². The Kier molecular flexibility index (Phi) is 5.39. The molecule has 2 aromatic carbocycles. The van der Waals surface area contributed by atoms with Gasteiger partial charge in [0.2, 0.25) is 0 Å². The molecule has 25 heavy (non-hydrogen) atoms. The van der Waals surface area contributed by atoms with Gasteiger partial charge in [-0.3, -0.25) is 4.79 Å². The quantitative estimate of drug-likeness (QED) is 0.833. The lowest BCUT2D eigenvalue weighted by atomic mass is 9.97. The van der Waals surface area contributed by atoms with E-state index in [9.17, 15) is 4.79 Å². The molecule has 1 heterocycles. The Balaban J connectivity index is 1.72. The van der Waals surface area contributed by atoms with Crippen LogP contribution >= 0.6 is 0 Å². The van der Waals surface area contributed by atoms with Gasteiger partial charge < -0.3 is 14.4 Å². The maximum absolute atomic E-state index is 12.9. The van der Waals surface area contributed by atoms with Gasteiger partial charge >= 0.3 is 0 Å². The molecule has 2 aromatic rings. The second kappa shape index (κ2) is 7.70. The maximum atomic E-state index is 12.9. The van der Waals surface area contributed by atoms with Crippen LogP contribution in [-0.4, -0.2) is 30.6 Å². The minimum absolute atomic E-state index is 0.0117. The average molecular weight is 339 g/mol. The first-order valence-electron chi connectivity index (χ1n) is 8.74. The predicted molar refractivity (Wildman–Crippen MR) is 97.5 cm³/mol. The van der Waals surface area contributed by atoms with E-state index in [1.165, 1.54) is 5.56 Å². The number of fused-ring (bicyclic) bond motifs is 1. The van der Waals surface area contributed by atoms with Crippen LogP contribution in [0.1, 0.15) is 36.6 Å². The third-order valence-corrected chi connectivity index (χ3v) is 4.28. The first kappa shape index (κ1) is 17.5. The fourth-order valence-corrected chi connectivity index (χ4v) is 3.14. The molecule has 1 aliphatic rings. The van der Waals surface area contributed by atoms with Crippen molar-refractivity contribution in [3.05, 3.63) is 65.2 Å². The van der Waals surface area contributed by atoms with Crippen molar-refractivity contribution in [3.63, 3.8) is 0 Å². The van der Waals surface area contributed by atoms with Crippen molar-refractivity contribution in [2.45, 2.75) is 39.0 Å². The maximum Gasteiger partial charge on any atom is 0.256 e. The molecule has 4 heteroatoms. The Hall–Kier alpha value is -2.33. The molecule has 0 N–H and O–H groups in total. The van der Waals surface area contributed by atoms with E-state index in [2.05, 4.69) is 6.07 Å². The van der Waals surface area contributed by atoms with Gasteiger partial charge in [-0.15, -0.1) is 0 Å². The Labute approximate surface area is 149 Å². The molecule has 1 unspecified atom stereocenters. The summed E-state index contributed by atoms with van der Waals surface area (Å²) in [6, 6.07) is 15.9. The summed E-state index contributed by atoms with van der Waals surface area (Å²) in [5.41, 5.74) is 3.23. The number of carbonyl (C=O) groups excluding carboxylic acids is 1. The van der Waals surface area contributed by atoms with E-state index < -0.39 is 6.10 Å². The summed E-state index contributed by atoms with van der Waals surface area (Å²) >= 11 is 0. The molecule has 4 nitrogen and oxygen atoms in total. The fraction of sp³-hybridized carbons (Fsp3) is 0.381. The molecular weight excluding hydrogens is 314 g/mol. The summed E-state index contributed by atoms with van der Waals surface area (Å²) in [6.45, 7) is 5.11. The third kappa shape index (κ3) is 4.20. The largest absolute Gasteiger partial charge is 0.491 e. The number of benzene rings is 2. The summed E-state index contributed by atoms with van der Waals surface area (Å²) in [7, 11) is 1.82. The summed E-state index contributed by atoms with van der Waals surface area (Å²) in [5.74, 6) is 0.815. The van der Waals surface area contributed by atoms with E-state index in [1.54, 1.807) is 4.90 Å². The monoisotopic (exact) mass is 339 g/mol. The Morgan fingerprint density at radius 2 is 2.04 bits per heavy atom. The number of amides is 1. The first-order chi connectivity index (χ1) is 12.0. The zero-order chi connectivity index (χ0) is 17.8. The van der Waals surface area contributed by atoms with Crippen molar-refractivity contribution in [1.29, 1.82) is 0 Å². The third-order valence-electron chi connectivity index (χ3n) is 4.28. The topological polar surface area (TPSA) is 38.8 Å². The molecule has 0 fully saturated rings. The van der Waals surface area contributed by atoms with Gasteiger partial charge in [-0.05, 0) is 49.1 Å². The van der Waals surface area contributed by atoms with E-state index in [1.807, 2.05) is 63.4 Å². The van der Waals surface area contributed by atoms with Gasteiger partial charge in [0, 0.05) is 13.6 Å². The molecule has 0 aliphatic carbocycles. The smallest absolute Gasteiger partial charge is 0.256 e. The van der Waals surface area contributed by atoms with Crippen LogP contribution < -0.4 is 4.74 Å². The second-order valence-corrected chi connectivity index (χ2v) is 6.71. The van der Waals surface area contributed by atoms with Gasteiger partial charge in [0.05, 0.1) is 12.7 Å². The Morgan fingerprint density at radius 3 is 2.84 bits per heavy atom. The van der Waals surface area contributed by atoms with Crippen molar-refractivity contribution in [2.75, 3.05) is 13.7 Å². The highest BCUT2D eigenvalue weighted by Crippen LogP contribution is 2.28. The van der Waals surface area contributed by atoms with Crippen molar-refractivity contribution in [3.8, 4) is 5.75 Å². The van der Waals surface area contributed by atoms with Gasteiger partial charge in [-0.2, -0.15) is 0 Å². The molecule has 0 aromatic heterocycles. The highest BCUT2D eigenvalue weighted by atomic mass is 16.5. The number of likely N-dealkylation sites (N-methyl/N-ethyl adjacent to an activating group) is 1. The van der Waals surface area contributed by atoms with Gasteiger partial charge in [0.1, 0.15) is 5.75 Å². The van der Waals surface area contributed by atoms with Crippen molar-refractivity contribution in [1.82, 2.24) is 4.90 Å². The van der Waals surface area contributed by atoms with Crippen LogP contribution in [0, 0.1) is 0 Å². The number of carbonyl (C=O) groups is 1. The Morgan fingerprint density at radius 1 is 1.24 bits per heavy atom. The first-order valence-corrected chi connectivity index (χ1v) is 8.74. The number of nitrogens with zero attached hydrogens (tertiary/aromatic N) is 1. The van der Waals surface area contributed by atoms with Gasteiger partial charge in [-0.1, -0.05) is 36.4 Å². The molecule has 0 saturated carbocycles. The number of hydrogen-bond donors (Lipinski definition) is 0. The Bertz CT molecular complexity index is 741. The fourth-order valence-electron chi connectivity index (χ4n) is 3.14. The SMILES string of the molecule is CC(C)Oc1cccc(CN(C)C(=O)C2OCCc3ccccc32)c1. The zero-order valence-electron chi connectivity index (χ0n) is 15.1. The van der Waals surface area contributed by atoms with Crippen LogP contribution in [-0.2, 0) is 22.5 Å². The van der Waals surface area contributed by atoms with E-state index in [0.29, 0.717) is 13.2 Å². The van der Waals surface area contributed by atoms with Gasteiger partial charge in [0.15, 0.2) is 6.10 Å². The lowest BCUT2D eigenvalue weighted by Gasteiger charge is -2.29. The van der Waals surface area contributed by atoms with E-state index >= 15 is 0 Å². The lowest BCUT2D eigenvalue weighted by molar-refractivity contribution is -0.144. The van der Waals surface area contributed by atoms with Crippen LogP contribution in [0.25, 0.3) is 0 Å². The van der Waals surface area contributed by atoms with E-state index in [0.717, 1.165) is 23.3 Å². The molecule has 0 spiro atoms. The van der Waals surface area contributed by atoms with Gasteiger partial charge in [0.25, 0.3) is 5.91 Å². The zero-order valence-corrected chi connectivity index (χ0v) is 15.1. The highest BCUT2D eigenvalue weighted by molar-refractivity contribution is 5.82. The summed E-state index contributed by atoms with van der Waals surface area (Å²) < 4.78 is 11.5. The molecular formula is C21H25NO3. The molecule has 0 radical (unpaired) electrons. The molecule has 0 saturated heterocycles. The molecule has 1 amide bonds. The predicted octanol–water partition coefficient (Wildman–Crippen LogP) is 3.75. The van der Waals surface area contributed by atoms with Crippen molar-refractivity contribution in [2.24, 2.45) is 0 Å². The van der Waals surface area contributed by atoms with Gasteiger partial charge in [-0.25, -0.2) is 0 Å². The van der Waals surface area contributed by atoms with Crippen molar-refractivity contribution >= 4 is 5.91 Å². The number of ether oxygens (including phenoxy) is 2. The normalized spacial score (nSPS) is 16.4. The molecule has 1 atom stereocenters. The number of rotatable bonds is 5. The minimum atomic E-state index is -0.509. The van der Waals surface area contributed by atoms with E-state index in [4.69, 9.17) is 9.47 Å². The molecule has 0 bridgehead atoms. The average Bonchev–Trinajstić information content (AvgIpc) is 2.60. The highest BCUT2D eigenvalue weighted by Gasteiger charge is 2.29. The standard InChI is InChI=1S/C21H25NO3/c1-15(2)25-18-9-6-7-16(13-18)14-22(3)21(23)20-19-10-5-4-8-17(19)11-12-24-20/h4-10,13,15,20H,11-12,14H2,1-3H3. The second-order valence-electron chi connectivity index (χ2n) is 6.71. The summed E-state index contributed by atoms with van der Waals surface area (Å²) in [6.07, 6.45) is 0.477. The molecule has 1 aliphatic heterocycles. The summed E-state index contributed by atoms with van der Waals surface area (Å²) in [5, 5.41) is 0. The molecule has 3 rings (SSSR count). The minimum Gasteiger partial charge on any atom is -0.491 e. The van der Waals surface area contributed by atoms with Crippen LogP contribution in [0.4, 0.5) is 0 Å². The van der Waals surface area contributed by atoms with Crippen LogP contribution in [0.2, 0.25) is 0 Å². The van der Waals surface area contributed by atoms with Crippen LogP contribution in [0.5, 0.6) is 5.75 Å². The van der Waals surface area contributed by atoms with Crippen LogP contribution in [0.3, 0.4) is 0 Å². The molecule has 132 valence electrons.